The van der Waals surface area contributed by atoms with Gasteiger partial charge in [-0.2, -0.15) is 0 Å². The van der Waals surface area contributed by atoms with E-state index >= 15 is 0 Å². The van der Waals surface area contributed by atoms with Crippen molar-refractivity contribution in [2.24, 2.45) is 5.41 Å². The Balaban J connectivity index is 1.59. The van der Waals surface area contributed by atoms with Crippen molar-refractivity contribution in [1.82, 2.24) is 5.32 Å². The van der Waals surface area contributed by atoms with Crippen LogP contribution in [0.3, 0.4) is 0 Å². The number of carbonyl (C=O) groups is 1. The fourth-order valence-electron chi connectivity index (χ4n) is 5.04. The summed E-state index contributed by atoms with van der Waals surface area (Å²) in [6.45, 7) is 7.45. The van der Waals surface area contributed by atoms with Crippen molar-refractivity contribution in [1.29, 1.82) is 0 Å². The van der Waals surface area contributed by atoms with Crippen LogP contribution in [0.4, 0.5) is 0 Å². The number of esters is 1. The van der Waals surface area contributed by atoms with Crippen LogP contribution in [0.2, 0.25) is 10.0 Å². The summed E-state index contributed by atoms with van der Waals surface area (Å²) in [6, 6.07) is 20.0. The molecule has 1 atom stereocenters. The first-order valence-electron chi connectivity index (χ1n) is 13.2. The minimum Gasteiger partial charge on any atom is -0.489 e. The molecular formula is C32H33Cl2NO3. The second kappa shape index (κ2) is 11.1. The smallest absolute Gasteiger partial charge is 0.316 e. The molecule has 0 radical (unpaired) electrons. The van der Waals surface area contributed by atoms with Gasteiger partial charge in [0, 0.05) is 16.6 Å². The van der Waals surface area contributed by atoms with Crippen LogP contribution in [0.25, 0.3) is 11.1 Å². The molecule has 2 aliphatic rings. The summed E-state index contributed by atoms with van der Waals surface area (Å²) in [6.07, 6.45) is 3.88. The maximum Gasteiger partial charge on any atom is 0.316 e. The fraction of sp³-hybridized carbons (Fsp3) is 0.344. The van der Waals surface area contributed by atoms with Gasteiger partial charge in [0.15, 0.2) is 0 Å². The standard InChI is InChI=1S/C32H33Cl2NO3/c1-32(2,3)31(36)38-24-12-14-26-21(17-24)5-4-6-28(27-13-9-22(33)18-29(27)34)30(26)20-7-10-23(11-8-20)37-25-15-16-35-19-25/h7-14,17-18,25,35H,4-6,15-16,19H2,1-3H3. The van der Waals surface area contributed by atoms with Crippen LogP contribution in [0.1, 0.15) is 62.3 Å². The molecular weight excluding hydrogens is 517 g/mol. The van der Waals surface area contributed by atoms with Gasteiger partial charge < -0.3 is 14.8 Å². The van der Waals surface area contributed by atoms with Gasteiger partial charge in [0.25, 0.3) is 0 Å². The Kier molecular flexibility index (Phi) is 7.85. The number of carbonyl (C=O) groups excluding carboxylic acids is 1. The first kappa shape index (κ1) is 26.8. The summed E-state index contributed by atoms with van der Waals surface area (Å²) in [7, 11) is 0. The lowest BCUT2D eigenvalue weighted by molar-refractivity contribution is -0.143. The Bertz CT molecular complexity index is 1370. The number of fused-ring (bicyclic) bond motifs is 1. The highest BCUT2D eigenvalue weighted by Crippen LogP contribution is 2.43. The van der Waals surface area contributed by atoms with Crippen LogP contribution in [0, 0.1) is 5.41 Å². The zero-order valence-electron chi connectivity index (χ0n) is 22.1. The molecule has 0 saturated carbocycles. The van der Waals surface area contributed by atoms with Crippen molar-refractivity contribution in [2.45, 2.75) is 52.6 Å². The molecule has 1 heterocycles. The van der Waals surface area contributed by atoms with E-state index in [-0.39, 0.29) is 12.1 Å². The van der Waals surface area contributed by atoms with Crippen molar-refractivity contribution in [3.05, 3.63) is 93.0 Å². The van der Waals surface area contributed by atoms with E-state index in [0.717, 1.165) is 72.3 Å². The van der Waals surface area contributed by atoms with Crippen molar-refractivity contribution in [3.8, 4) is 11.5 Å². The van der Waals surface area contributed by atoms with E-state index in [4.69, 9.17) is 32.7 Å². The minimum absolute atomic E-state index is 0.205. The van der Waals surface area contributed by atoms with E-state index in [9.17, 15) is 4.79 Å². The average Bonchev–Trinajstić information content (AvgIpc) is 3.31. The Hall–Kier alpha value is -2.79. The molecule has 198 valence electrons. The molecule has 3 aromatic carbocycles. The predicted octanol–water partition coefficient (Wildman–Crippen LogP) is 7.98. The van der Waals surface area contributed by atoms with Crippen molar-refractivity contribution < 1.29 is 14.3 Å². The number of ether oxygens (including phenoxy) is 2. The second-order valence-corrected chi connectivity index (χ2v) is 11.9. The van der Waals surface area contributed by atoms with Gasteiger partial charge in [0.1, 0.15) is 17.6 Å². The summed E-state index contributed by atoms with van der Waals surface area (Å²) < 4.78 is 11.9. The number of rotatable bonds is 5. The molecule has 1 fully saturated rings. The third-order valence-corrected chi connectivity index (χ3v) is 7.61. The van der Waals surface area contributed by atoms with E-state index in [1.807, 2.05) is 57.2 Å². The first-order chi connectivity index (χ1) is 18.2. The lowest BCUT2D eigenvalue weighted by Crippen LogP contribution is -2.25. The predicted molar refractivity (Wildman–Crippen MR) is 155 cm³/mol. The summed E-state index contributed by atoms with van der Waals surface area (Å²) in [5.74, 6) is 1.20. The van der Waals surface area contributed by atoms with Crippen LogP contribution in [0.15, 0.2) is 60.7 Å². The summed E-state index contributed by atoms with van der Waals surface area (Å²) in [5, 5.41) is 4.60. The third-order valence-electron chi connectivity index (χ3n) is 7.06. The van der Waals surface area contributed by atoms with Crippen LogP contribution in [-0.4, -0.2) is 25.2 Å². The molecule has 0 amide bonds. The van der Waals surface area contributed by atoms with Gasteiger partial charge in [-0.3, -0.25) is 4.79 Å². The molecule has 1 aliphatic heterocycles. The van der Waals surface area contributed by atoms with Crippen LogP contribution < -0.4 is 14.8 Å². The maximum absolute atomic E-state index is 12.5. The van der Waals surface area contributed by atoms with Crippen LogP contribution >= 0.6 is 23.2 Å². The molecule has 0 aromatic heterocycles. The number of hydrogen-bond acceptors (Lipinski definition) is 4. The molecule has 1 aliphatic carbocycles. The third kappa shape index (κ3) is 5.93. The molecule has 5 rings (SSSR count). The lowest BCUT2D eigenvalue weighted by Gasteiger charge is -2.20. The second-order valence-electron chi connectivity index (χ2n) is 11.0. The van der Waals surface area contributed by atoms with Gasteiger partial charge in [-0.15, -0.1) is 0 Å². The normalized spacial score (nSPS) is 17.7. The SMILES string of the molecule is CC(C)(C)C(=O)Oc1ccc2c(c1)CCCC(c1ccc(Cl)cc1Cl)=C2c1ccc(OC2CCNC2)cc1. The molecule has 1 unspecified atom stereocenters. The summed E-state index contributed by atoms with van der Waals surface area (Å²) in [4.78, 5) is 12.5. The Morgan fingerprint density at radius 1 is 0.921 bits per heavy atom. The summed E-state index contributed by atoms with van der Waals surface area (Å²) >= 11 is 13.0. The zero-order valence-corrected chi connectivity index (χ0v) is 23.6. The molecule has 6 heteroatoms. The van der Waals surface area contributed by atoms with Crippen molar-refractivity contribution >= 4 is 40.3 Å². The average molecular weight is 551 g/mol. The Labute approximate surface area is 234 Å². The van der Waals surface area contributed by atoms with Gasteiger partial charge in [0.05, 0.1) is 5.41 Å². The molecule has 1 saturated heterocycles. The Morgan fingerprint density at radius 2 is 1.66 bits per heavy atom. The largest absolute Gasteiger partial charge is 0.489 e. The van der Waals surface area contributed by atoms with Crippen LogP contribution in [0.5, 0.6) is 11.5 Å². The molecule has 0 bridgehead atoms. The maximum atomic E-state index is 12.5. The topological polar surface area (TPSA) is 47.6 Å². The van der Waals surface area contributed by atoms with Gasteiger partial charge in [-0.1, -0.05) is 47.5 Å². The van der Waals surface area contributed by atoms with E-state index in [0.29, 0.717) is 15.8 Å². The number of allylic oxidation sites excluding steroid dienone is 1. The zero-order chi connectivity index (χ0) is 26.9. The lowest BCUT2D eigenvalue weighted by atomic mass is 9.87. The monoisotopic (exact) mass is 549 g/mol. The number of nitrogens with one attached hydrogen (secondary N) is 1. The molecule has 1 N–H and O–H groups in total. The first-order valence-corrected chi connectivity index (χ1v) is 14.0. The van der Waals surface area contributed by atoms with E-state index in [1.54, 1.807) is 6.07 Å². The molecule has 3 aromatic rings. The highest BCUT2D eigenvalue weighted by Gasteiger charge is 2.26. The number of halogens is 2. The van der Waals surface area contributed by atoms with E-state index in [2.05, 4.69) is 23.5 Å². The molecule has 0 spiro atoms. The van der Waals surface area contributed by atoms with E-state index in [1.165, 1.54) is 5.57 Å². The minimum atomic E-state index is -0.575. The van der Waals surface area contributed by atoms with Crippen molar-refractivity contribution in [2.75, 3.05) is 13.1 Å². The quantitative estimate of drug-likeness (QED) is 0.259. The Morgan fingerprint density at radius 3 is 2.34 bits per heavy atom. The van der Waals surface area contributed by atoms with Gasteiger partial charge >= 0.3 is 5.97 Å². The van der Waals surface area contributed by atoms with E-state index < -0.39 is 5.41 Å². The fourth-order valence-corrected chi connectivity index (χ4v) is 5.56. The summed E-state index contributed by atoms with van der Waals surface area (Å²) in [5.41, 5.74) is 6.08. The highest BCUT2D eigenvalue weighted by atomic mass is 35.5. The van der Waals surface area contributed by atoms with Gasteiger partial charge in [-0.05, 0) is 123 Å². The molecule has 38 heavy (non-hydrogen) atoms. The van der Waals surface area contributed by atoms with Crippen molar-refractivity contribution in [3.63, 3.8) is 0 Å². The number of hydrogen-bond donors (Lipinski definition) is 1. The van der Waals surface area contributed by atoms with Gasteiger partial charge in [-0.25, -0.2) is 0 Å². The number of aryl methyl sites for hydroxylation is 1. The van der Waals surface area contributed by atoms with Crippen LogP contribution in [-0.2, 0) is 11.2 Å². The molecule has 4 nitrogen and oxygen atoms in total. The highest BCUT2D eigenvalue weighted by molar-refractivity contribution is 6.36. The number of benzene rings is 3. The van der Waals surface area contributed by atoms with Gasteiger partial charge in [0.2, 0.25) is 0 Å².